The number of aromatic nitrogens is 2. The van der Waals surface area contributed by atoms with E-state index in [1.54, 1.807) is 6.07 Å². The van der Waals surface area contributed by atoms with Gasteiger partial charge in [-0.05, 0) is 24.5 Å². The van der Waals surface area contributed by atoms with Crippen molar-refractivity contribution in [3.8, 4) is 0 Å². The molecule has 4 nitrogen and oxygen atoms in total. The highest BCUT2D eigenvalue weighted by Crippen LogP contribution is 2.45. The maximum absolute atomic E-state index is 13.0. The van der Waals surface area contributed by atoms with Gasteiger partial charge in [0.2, 0.25) is 5.91 Å². The molecule has 1 aromatic heterocycles. The van der Waals surface area contributed by atoms with E-state index in [0.29, 0.717) is 29.9 Å². The third-order valence-corrected chi connectivity index (χ3v) is 4.96. The van der Waals surface area contributed by atoms with E-state index in [1.165, 1.54) is 18.5 Å². The molecular weight excluding hydrogens is 355 g/mol. The second kappa shape index (κ2) is 6.62. The van der Waals surface area contributed by atoms with Crippen molar-refractivity contribution in [2.75, 3.05) is 5.32 Å². The first-order valence-corrected chi connectivity index (χ1v) is 8.84. The molecule has 1 saturated carbocycles. The summed E-state index contributed by atoms with van der Waals surface area (Å²) in [6.07, 6.45) is 0.452. The molecule has 27 heavy (non-hydrogen) atoms. The van der Waals surface area contributed by atoms with Gasteiger partial charge in [0.05, 0.1) is 29.1 Å². The number of hydrogen-bond donors (Lipinski definition) is 1. The van der Waals surface area contributed by atoms with Gasteiger partial charge >= 0.3 is 6.18 Å². The summed E-state index contributed by atoms with van der Waals surface area (Å²) in [4.78, 5) is 21.5. The van der Waals surface area contributed by atoms with Crippen molar-refractivity contribution in [1.29, 1.82) is 0 Å². The van der Waals surface area contributed by atoms with Gasteiger partial charge < -0.3 is 5.32 Å². The number of carbonyl (C=O) groups excluding carboxylic acids is 1. The van der Waals surface area contributed by atoms with Crippen molar-refractivity contribution in [3.63, 3.8) is 0 Å². The van der Waals surface area contributed by atoms with Gasteiger partial charge in [0.25, 0.3) is 0 Å². The van der Waals surface area contributed by atoms with Crippen molar-refractivity contribution in [1.82, 2.24) is 9.97 Å². The lowest BCUT2D eigenvalue weighted by Gasteiger charge is -2.41. The van der Waals surface area contributed by atoms with Crippen LogP contribution in [-0.2, 0) is 21.8 Å². The normalized spacial score (nSPS) is 16.5. The molecule has 0 saturated heterocycles. The third-order valence-electron chi connectivity index (χ3n) is 4.96. The van der Waals surface area contributed by atoms with Crippen molar-refractivity contribution in [2.45, 2.75) is 57.0 Å². The van der Waals surface area contributed by atoms with Gasteiger partial charge in [-0.3, -0.25) is 4.79 Å². The molecule has 0 aliphatic heterocycles. The first-order valence-electron chi connectivity index (χ1n) is 8.84. The van der Waals surface area contributed by atoms with Gasteiger partial charge in [0.1, 0.15) is 5.82 Å². The second-order valence-corrected chi connectivity index (χ2v) is 8.01. The lowest BCUT2D eigenvalue weighted by atomic mass is 9.63. The van der Waals surface area contributed by atoms with E-state index in [0.717, 1.165) is 18.6 Å². The number of hydrogen-bond acceptors (Lipinski definition) is 3. The first-order chi connectivity index (χ1) is 12.5. The minimum atomic E-state index is -4.44. The van der Waals surface area contributed by atoms with Crippen LogP contribution < -0.4 is 5.32 Å². The molecule has 1 aliphatic rings. The van der Waals surface area contributed by atoms with Crippen LogP contribution in [0.1, 0.15) is 57.0 Å². The number of benzene rings is 1. The molecule has 1 heterocycles. The highest BCUT2D eigenvalue weighted by atomic mass is 19.4. The van der Waals surface area contributed by atoms with Gasteiger partial charge in [-0.15, -0.1) is 0 Å². The Morgan fingerprint density at radius 3 is 2.22 bits per heavy atom. The van der Waals surface area contributed by atoms with Gasteiger partial charge in [0, 0.05) is 5.41 Å². The van der Waals surface area contributed by atoms with Crippen LogP contribution in [0.3, 0.4) is 0 Å². The van der Waals surface area contributed by atoms with Crippen LogP contribution in [0.2, 0.25) is 0 Å². The minimum Gasteiger partial charge on any atom is -0.323 e. The molecule has 0 unspecified atom stereocenters. The molecule has 1 aromatic carbocycles. The molecule has 2 aromatic rings. The summed E-state index contributed by atoms with van der Waals surface area (Å²) < 4.78 is 39.1. The molecule has 1 N–H and O–H groups in total. The van der Waals surface area contributed by atoms with Gasteiger partial charge in [-0.2, -0.15) is 13.2 Å². The smallest absolute Gasteiger partial charge is 0.323 e. The zero-order valence-corrected chi connectivity index (χ0v) is 15.5. The van der Waals surface area contributed by atoms with Crippen LogP contribution in [0.4, 0.5) is 18.9 Å². The lowest BCUT2D eigenvalue weighted by molar-refractivity contribution is -0.138. The molecule has 0 spiro atoms. The molecule has 0 radical (unpaired) electrons. The Kier molecular flexibility index (Phi) is 4.74. The highest BCUT2D eigenvalue weighted by molar-refractivity contribution is 5.99. The number of nitrogens with zero attached hydrogens (tertiary/aromatic N) is 2. The average Bonchev–Trinajstić information content (AvgIpc) is 2.53. The Balaban J connectivity index is 1.84. The van der Waals surface area contributed by atoms with Crippen LogP contribution >= 0.6 is 0 Å². The van der Waals surface area contributed by atoms with E-state index in [2.05, 4.69) is 15.3 Å². The van der Waals surface area contributed by atoms with Crippen LogP contribution in [0, 0.1) is 0 Å². The summed E-state index contributed by atoms with van der Waals surface area (Å²) >= 11 is 0. The van der Waals surface area contributed by atoms with E-state index < -0.39 is 17.2 Å². The fraction of sp³-hybridized carbons (Fsp3) is 0.450. The average molecular weight is 377 g/mol. The number of carbonyl (C=O) groups is 1. The summed E-state index contributed by atoms with van der Waals surface area (Å²) in [6, 6.07) is 5.05. The predicted octanol–water partition coefficient (Wildman–Crippen LogP) is 4.85. The van der Waals surface area contributed by atoms with Crippen LogP contribution in [0.5, 0.6) is 0 Å². The number of nitrogens with one attached hydrogen (secondary N) is 1. The van der Waals surface area contributed by atoms with Gasteiger partial charge in [-0.1, -0.05) is 45.4 Å². The Bertz CT molecular complexity index is 835. The van der Waals surface area contributed by atoms with E-state index in [9.17, 15) is 18.0 Å². The van der Waals surface area contributed by atoms with Crippen molar-refractivity contribution in [3.05, 3.63) is 53.6 Å². The maximum Gasteiger partial charge on any atom is 0.416 e. The number of rotatable bonds is 3. The summed E-state index contributed by atoms with van der Waals surface area (Å²) in [6.45, 7) is 5.95. The Labute approximate surface area is 156 Å². The SMILES string of the molecule is CC(C)(C)c1ncc(NC(=O)C2(c3cccc(C(F)(F)F)c3)CCC2)cn1. The van der Waals surface area contributed by atoms with Crippen LogP contribution in [-0.4, -0.2) is 15.9 Å². The zero-order valence-electron chi connectivity index (χ0n) is 15.5. The summed E-state index contributed by atoms with van der Waals surface area (Å²) in [5.74, 6) is 0.330. The molecule has 1 fully saturated rings. The van der Waals surface area contributed by atoms with E-state index in [4.69, 9.17) is 0 Å². The lowest BCUT2D eigenvalue weighted by Crippen LogP contribution is -2.46. The van der Waals surface area contributed by atoms with Crippen LogP contribution in [0.25, 0.3) is 0 Å². The van der Waals surface area contributed by atoms with Crippen LogP contribution in [0.15, 0.2) is 36.7 Å². The van der Waals surface area contributed by atoms with Gasteiger partial charge in [0.15, 0.2) is 0 Å². The zero-order chi connectivity index (χ0) is 19.9. The highest BCUT2D eigenvalue weighted by Gasteiger charge is 2.46. The largest absolute Gasteiger partial charge is 0.416 e. The topological polar surface area (TPSA) is 54.9 Å². The van der Waals surface area contributed by atoms with E-state index in [1.807, 2.05) is 20.8 Å². The summed E-state index contributed by atoms with van der Waals surface area (Å²) in [5, 5.41) is 2.77. The Morgan fingerprint density at radius 2 is 1.74 bits per heavy atom. The number of alkyl halides is 3. The van der Waals surface area contributed by atoms with Crippen molar-refractivity contribution < 1.29 is 18.0 Å². The number of anilines is 1. The third kappa shape index (κ3) is 3.82. The minimum absolute atomic E-state index is 0.213. The molecule has 0 atom stereocenters. The standard InChI is InChI=1S/C20H22F3N3O/c1-18(2,3)16-24-11-15(12-25-16)26-17(27)19(8-5-9-19)13-6-4-7-14(10-13)20(21,22)23/h4,6-7,10-12H,5,8-9H2,1-3H3,(H,26,27). The molecular formula is C20H22F3N3O. The molecule has 3 rings (SSSR count). The molecule has 1 aliphatic carbocycles. The van der Waals surface area contributed by atoms with Crippen molar-refractivity contribution >= 4 is 11.6 Å². The fourth-order valence-corrected chi connectivity index (χ4v) is 3.20. The first kappa shape index (κ1) is 19.3. The van der Waals surface area contributed by atoms with Crippen molar-refractivity contribution in [2.24, 2.45) is 0 Å². The Hall–Kier alpha value is -2.44. The number of halogens is 3. The molecule has 0 bridgehead atoms. The molecule has 1 amide bonds. The predicted molar refractivity (Wildman–Crippen MR) is 96.3 cm³/mol. The maximum atomic E-state index is 13.0. The second-order valence-electron chi connectivity index (χ2n) is 8.01. The monoisotopic (exact) mass is 377 g/mol. The van der Waals surface area contributed by atoms with Gasteiger partial charge in [-0.25, -0.2) is 9.97 Å². The summed E-state index contributed by atoms with van der Waals surface area (Å²) in [5.41, 5.74) is -1.06. The van der Waals surface area contributed by atoms with E-state index in [-0.39, 0.29) is 11.3 Å². The summed E-state index contributed by atoms with van der Waals surface area (Å²) in [7, 11) is 0. The number of amides is 1. The molecule has 7 heteroatoms. The quantitative estimate of drug-likeness (QED) is 0.832. The Morgan fingerprint density at radius 1 is 1.11 bits per heavy atom. The fourth-order valence-electron chi connectivity index (χ4n) is 3.20. The van der Waals surface area contributed by atoms with E-state index >= 15 is 0 Å². The molecule has 144 valence electrons.